The number of rotatable bonds is 12. The van der Waals surface area contributed by atoms with Gasteiger partial charge >= 0.3 is 5.69 Å². The molecular weight excluding hydrogens is 436 g/mol. The molecule has 4 atom stereocenters. The highest BCUT2D eigenvalue weighted by Gasteiger charge is 2.44. The van der Waals surface area contributed by atoms with Crippen molar-refractivity contribution in [3.05, 3.63) is 38.7 Å². The maximum Gasteiger partial charge on any atom is 0.332 e. The standard InChI is InChI=1S/C21H32N4O8/c1-2-3-4-5-6-15(27)22-8-9-23-16(28)7-10-25-11-13(20(31)24-21(25)32)19-18(30)17(29)14(12-26)33-19/h7,10-11,14,17-19,26,29-30H,2-6,8-9,12H2,1H3,(H,22,27)(H,23,28)(H,24,31,32)/b10-7+. The average molecular weight is 469 g/mol. The molecule has 6 N–H and O–H groups in total. The van der Waals surface area contributed by atoms with Crippen molar-refractivity contribution in [1.29, 1.82) is 0 Å². The molecule has 0 radical (unpaired) electrons. The number of aliphatic hydroxyl groups excluding tert-OH is 3. The van der Waals surface area contributed by atoms with Gasteiger partial charge in [0.2, 0.25) is 11.8 Å². The molecular formula is C21H32N4O8. The molecule has 1 aliphatic rings. The molecule has 1 aromatic rings. The van der Waals surface area contributed by atoms with Crippen LogP contribution in [-0.4, -0.2) is 74.7 Å². The molecule has 0 saturated carbocycles. The van der Waals surface area contributed by atoms with Gasteiger partial charge in [0.1, 0.15) is 24.4 Å². The molecule has 12 heteroatoms. The summed E-state index contributed by atoms with van der Waals surface area (Å²) in [6, 6.07) is 0. The van der Waals surface area contributed by atoms with Gasteiger partial charge in [0, 0.05) is 38.0 Å². The number of aliphatic hydroxyl groups is 3. The summed E-state index contributed by atoms with van der Waals surface area (Å²) in [6.07, 6.45) is 2.50. The third-order valence-electron chi connectivity index (χ3n) is 5.23. The van der Waals surface area contributed by atoms with Crippen LogP contribution in [0.5, 0.6) is 0 Å². The van der Waals surface area contributed by atoms with E-state index in [9.17, 15) is 34.5 Å². The average Bonchev–Trinajstić information content (AvgIpc) is 3.07. The second kappa shape index (κ2) is 13.0. The molecule has 1 aliphatic heterocycles. The summed E-state index contributed by atoms with van der Waals surface area (Å²) in [5.41, 5.74) is -1.80. The smallest absolute Gasteiger partial charge is 0.332 e. The SMILES string of the molecule is CCCCCCC(=O)NCCNC(=O)/C=C/n1cc(C2OC(CO)C(O)C2O)c(=O)[nH]c1=O. The van der Waals surface area contributed by atoms with Crippen molar-refractivity contribution in [2.24, 2.45) is 0 Å². The molecule has 184 valence electrons. The summed E-state index contributed by atoms with van der Waals surface area (Å²) in [5, 5.41) is 34.4. The quantitative estimate of drug-likeness (QED) is 0.156. The summed E-state index contributed by atoms with van der Waals surface area (Å²) in [7, 11) is 0. The van der Waals surface area contributed by atoms with E-state index < -0.39 is 48.2 Å². The van der Waals surface area contributed by atoms with Crippen LogP contribution in [-0.2, 0) is 14.3 Å². The first-order chi connectivity index (χ1) is 15.8. The van der Waals surface area contributed by atoms with Crippen molar-refractivity contribution in [1.82, 2.24) is 20.2 Å². The number of nitrogens with one attached hydrogen (secondary N) is 3. The van der Waals surface area contributed by atoms with E-state index in [0.717, 1.165) is 48.7 Å². The molecule has 2 heterocycles. The van der Waals surface area contributed by atoms with Crippen molar-refractivity contribution in [3.8, 4) is 0 Å². The monoisotopic (exact) mass is 468 g/mol. The second-order valence-electron chi connectivity index (χ2n) is 7.78. The van der Waals surface area contributed by atoms with Crippen LogP contribution in [0, 0.1) is 0 Å². The van der Waals surface area contributed by atoms with E-state index in [0.29, 0.717) is 6.42 Å². The van der Waals surface area contributed by atoms with E-state index in [1.165, 1.54) is 0 Å². The molecule has 4 unspecified atom stereocenters. The molecule has 0 bridgehead atoms. The highest BCUT2D eigenvalue weighted by molar-refractivity contribution is 5.90. The normalized spacial score (nSPS) is 22.5. The fourth-order valence-corrected chi connectivity index (χ4v) is 3.37. The molecule has 33 heavy (non-hydrogen) atoms. The van der Waals surface area contributed by atoms with Crippen LogP contribution in [0.4, 0.5) is 0 Å². The van der Waals surface area contributed by atoms with Gasteiger partial charge in [-0.1, -0.05) is 26.2 Å². The number of aromatic nitrogens is 2. The Morgan fingerprint density at radius 3 is 2.55 bits per heavy atom. The van der Waals surface area contributed by atoms with Gasteiger partial charge in [0.25, 0.3) is 5.56 Å². The van der Waals surface area contributed by atoms with Crippen LogP contribution in [0.3, 0.4) is 0 Å². The number of amides is 2. The molecule has 12 nitrogen and oxygen atoms in total. The third-order valence-corrected chi connectivity index (χ3v) is 5.23. The van der Waals surface area contributed by atoms with Gasteiger partial charge in [-0.15, -0.1) is 0 Å². The molecule has 2 rings (SSSR count). The van der Waals surface area contributed by atoms with Gasteiger partial charge in [-0.25, -0.2) is 4.79 Å². The van der Waals surface area contributed by atoms with Crippen molar-refractivity contribution in [2.75, 3.05) is 19.7 Å². The molecule has 0 spiro atoms. The highest BCUT2D eigenvalue weighted by Crippen LogP contribution is 2.31. The summed E-state index contributed by atoms with van der Waals surface area (Å²) in [5.74, 6) is -0.604. The van der Waals surface area contributed by atoms with E-state index in [1.54, 1.807) is 0 Å². The van der Waals surface area contributed by atoms with Gasteiger partial charge in [0.15, 0.2) is 0 Å². The zero-order valence-corrected chi connectivity index (χ0v) is 18.5. The zero-order valence-electron chi connectivity index (χ0n) is 18.5. The van der Waals surface area contributed by atoms with Crippen molar-refractivity contribution >= 4 is 18.0 Å². The zero-order chi connectivity index (χ0) is 24.4. The largest absolute Gasteiger partial charge is 0.394 e. The molecule has 1 saturated heterocycles. The van der Waals surface area contributed by atoms with Crippen LogP contribution >= 0.6 is 0 Å². The molecule has 0 aliphatic carbocycles. The Morgan fingerprint density at radius 2 is 1.88 bits per heavy atom. The Bertz CT molecular complexity index is 941. The number of unbranched alkanes of at least 4 members (excludes halogenated alkanes) is 3. The Kier molecular flexibility index (Phi) is 10.5. The lowest BCUT2D eigenvalue weighted by Gasteiger charge is -2.14. The van der Waals surface area contributed by atoms with Crippen molar-refractivity contribution in [2.45, 2.75) is 63.4 Å². The number of ether oxygens (including phenoxy) is 1. The first kappa shape index (κ1) is 26.5. The summed E-state index contributed by atoms with van der Waals surface area (Å²) < 4.78 is 6.24. The number of carbonyl (C=O) groups excluding carboxylic acids is 2. The van der Waals surface area contributed by atoms with Gasteiger partial charge in [-0.05, 0) is 6.42 Å². The topological polar surface area (TPSA) is 183 Å². The Hall–Kier alpha value is -2.80. The third kappa shape index (κ3) is 7.63. The number of nitrogens with zero attached hydrogens (tertiary/aromatic N) is 1. The van der Waals surface area contributed by atoms with Crippen LogP contribution in [0.25, 0.3) is 6.20 Å². The van der Waals surface area contributed by atoms with Crippen molar-refractivity contribution < 1.29 is 29.6 Å². The van der Waals surface area contributed by atoms with Crippen LogP contribution < -0.4 is 21.9 Å². The number of hydrogen-bond acceptors (Lipinski definition) is 8. The minimum absolute atomic E-state index is 0.0758. The van der Waals surface area contributed by atoms with E-state index in [4.69, 9.17) is 4.74 Å². The first-order valence-electron chi connectivity index (χ1n) is 11.0. The number of aromatic amines is 1. The maximum atomic E-state index is 12.2. The molecule has 1 aromatic heterocycles. The van der Waals surface area contributed by atoms with E-state index in [2.05, 4.69) is 22.5 Å². The predicted molar refractivity (Wildman–Crippen MR) is 118 cm³/mol. The molecule has 1 fully saturated rings. The van der Waals surface area contributed by atoms with Crippen LogP contribution in [0.2, 0.25) is 0 Å². The van der Waals surface area contributed by atoms with Crippen molar-refractivity contribution in [3.63, 3.8) is 0 Å². The fraction of sp³-hybridized carbons (Fsp3) is 0.619. The summed E-state index contributed by atoms with van der Waals surface area (Å²) >= 11 is 0. The van der Waals surface area contributed by atoms with Crippen LogP contribution in [0.15, 0.2) is 21.9 Å². The summed E-state index contributed by atoms with van der Waals surface area (Å²) in [6.45, 7) is 1.99. The molecule has 0 aromatic carbocycles. The number of hydrogen-bond donors (Lipinski definition) is 6. The Labute approximate surface area is 190 Å². The Balaban J connectivity index is 1.90. The summed E-state index contributed by atoms with van der Waals surface area (Å²) in [4.78, 5) is 49.9. The van der Waals surface area contributed by atoms with Gasteiger partial charge in [0.05, 0.1) is 12.2 Å². The number of H-pyrrole nitrogens is 1. The minimum atomic E-state index is -1.48. The van der Waals surface area contributed by atoms with Gasteiger partial charge in [-0.3, -0.25) is 23.9 Å². The Morgan fingerprint density at radius 1 is 1.15 bits per heavy atom. The first-order valence-corrected chi connectivity index (χ1v) is 11.0. The lowest BCUT2D eigenvalue weighted by molar-refractivity contribution is -0.121. The lowest BCUT2D eigenvalue weighted by Crippen LogP contribution is -2.35. The van der Waals surface area contributed by atoms with Gasteiger partial charge < -0.3 is 30.7 Å². The fourth-order valence-electron chi connectivity index (χ4n) is 3.37. The highest BCUT2D eigenvalue weighted by atomic mass is 16.6. The van der Waals surface area contributed by atoms with E-state index in [1.807, 2.05) is 0 Å². The minimum Gasteiger partial charge on any atom is -0.394 e. The molecule has 2 amide bonds. The van der Waals surface area contributed by atoms with E-state index in [-0.39, 0.29) is 24.6 Å². The van der Waals surface area contributed by atoms with Crippen LogP contribution in [0.1, 0.15) is 50.7 Å². The second-order valence-corrected chi connectivity index (χ2v) is 7.78. The maximum absolute atomic E-state index is 12.2. The number of carbonyl (C=O) groups is 2. The predicted octanol–water partition coefficient (Wildman–Crippen LogP) is -1.64. The van der Waals surface area contributed by atoms with E-state index >= 15 is 0 Å². The van der Waals surface area contributed by atoms with Gasteiger partial charge in [-0.2, -0.15) is 0 Å². The lowest BCUT2D eigenvalue weighted by atomic mass is 10.0.